The fourth-order valence-electron chi connectivity index (χ4n) is 6.07. The molecule has 140 valence electrons. The molecule has 2 atom stereocenters. The molecule has 2 saturated heterocycles. The Labute approximate surface area is 151 Å². The molecular weight excluding hydrogens is 292 g/mol. The van der Waals surface area contributed by atoms with Crippen molar-refractivity contribution >= 4 is 0 Å². The largest absolute Gasteiger partial charge is 0.303 e. The second kappa shape index (κ2) is 8.54. The van der Waals surface area contributed by atoms with Gasteiger partial charge in [0.2, 0.25) is 0 Å². The van der Waals surface area contributed by atoms with Gasteiger partial charge in [0.1, 0.15) is 0 Å². The minimum absolute atomic E-state index is 0.787. The van der Waals surface area contributed by atoms with E-state index in [-0.39, 0.29) is 0 Å². The van der Waals surface area contributed by atoms with E-state index >= 15 is 0 Å². The first-order valence-electron chi connectivity index (χ1n) is 11.0. The molecule has 0 radical (unpaired) electrons. The summed E-state index contributed by atoms with van der Waals surface area (Å²) in [6.45, 7) is 15.2. The maximum absolute atomic E-state index is 2.68. The molecule has 1 spiro atoms. The number of fused-ring (bicyclic) bond motifs is 1. The van der Waals surface area contributed by atoms with E-state index < -0.39 is 0 Å². The van der Waals surface area contributed by atoms with Crippen molar-refractivity contribution in [3.05, 3.63) is 0 Å². The molecule has 0 bridgehead atoms. The maximum Gasteiger partial charge on any atom is 0.00384 e. The average Bonchev–Trinajstić information content (AvgIpc) is 3.26. The van der Waals surface area contributed by atoms with Crippen LogP contribution in [0.5, 0.6) is 0 Å². The number of hydrogen-bond donors (Lipinski definition) is 0. The third-order valence-electron chi connectivity index (χ3n) is 7.15. The molecule has 0 amide bonds. The Bertz CT molecular complexity index is 360. The highest BCUT2D eigenvalue weighted by Gasteiger charge is 2.39. The molecule has 0 N–H and O–H groups in total. The predicted octanol–water partition coefficient (Wildman–Crippen LogP) is 5.04. The molecular formula is C22H42N2. The van der Waals surface area contributed by atoms with Gasteiger partial charge in [-0.15, -0.1) is 0 Å². The monoisotopic (exact) mass is 334 g/mol. The summed E-state index contributed by atoms with van der Waals surface area (Å²) >= 11 is 0. The Hall–Kier alpha value is -0.0800. The fraction of sp³-hybridized carbons (Fsp3) is 1.00. The van der Waals surface area contributed by atoms with Crippen molar-refractivity contribution in [2.75, 3.05) is 39.3 Å². The Morgan fingerprint density at radius 3 is 2.17 bits per heavy atom. The van der Waals surface area contributed by atoms with Crippen LogP contribution in [-0.2, 0) is 0 Å². The van der Waals surface area contributed by atoms with Gasteiger partial charge in [0, 0.05) is 26.2 Å². The predicted molar refractivity (Wildman–Crippen MR) is 104 cm³/mol. The molecule has 0 aromatic heterocycles. The summed E-state index contributed by atoms with van der Waals surface area (Å²) in [5.74, 6) is 3.00. The maximum atomic E-state index is 2.68. The second-order valence-corrected chi connectivity index (χ2v) is 9.80. The lowest BCUT2D eigenvalue weighted by Crippen LogP contribution is -2.26. The van der Waals surface area contributed by atoms with Crippen LogP contribution in [0.3, 0.4) is 0 Å². The molecule has 24 heavy (non-hydrogen) atoms. The van der Waals surface area contributed by atoms with Gasteiger partial charge in [0.25, 0.3) is 0 Å². The highest BCUT2D eigenvalue weighted by atomic mass is 15.2. The number of rotatable bonds is 4. The quantitative estimate of drug-likeness (QED) is 0.711. The van der Waals surface area contributed by atoms with Gasteiger partial charge < -0.3 is 9.80 Å². The van der Waals surface area contributed by atoms with Crippen LogP contribution >= 0.6 is 0 Å². The van der Waals surface area contributed by atoms with E-state index in [1.165, 1.54) is 97.1 Å². The van der Waals surface area contributed by atoms with E-state index in [4.69, 9.17) is 0 Å². The Kier molecular flexibility index (Phi) is 6.65. The summed E-state index contributed by atoms with van der Waals surface area (Å²) in [4.78, 5) is 5.35. The molecule has 0 unspecified atom stereocenters. The summed E-state index contributed by atoms with van der Waals surface area (Å²) in [6.07, 6.45) is 13.4. The van der Waals surface area contributed by atoms with Crippen LogP contribution in [-0.4, -0.2) is 49.1 Å². The van der Waals surface area contributed by atoms with Crippen molar-refractivity contribution in [2.24, 2.45) is 23.2 Å². The van der Waals surface area contributed by atoms with Gasteiger partial charge in [-0.25, -0.2) is 0 Å². The Morgan fingerprint density at radius 1 is 0.917 bits per heavy atom. The van der Waals surface area contributed by atoms with Crippen molar-refractivity contribution in [1.82, 2.24) is 9.80 Å². The van der Waals surface area contributed by atoms with Gasteiger partial charge in [0.15, 0.2) is 0 Å². The second-order valence-electron chi connectivity index (χ2n) is 9.80. The van der Waals surface area contributed by atoms with Gasteiger partial charge in [-0.05, 0) is 74.8 Å². The smallest absolute Gasteiger partial charge is 0.00384 e. The zero-order valence-corrected chi connectivity index (χ0v) is 16.7. The zero-order chi connectivity index (χ0) is 17.0. The minimum Gasteiger partial charge on any atom is -0.303 e. The Balaban J connectivity index is 0.000000141. The molecule has 2 aliphatic carbocycles. The van der Waals surface area contributed by atoms with Crippen molar-refractivity contribution < 1.29 is 0 Å². The zero-order valence-electron chi connectivity index (χ0n) is 16.7. The minimum atomic E-state index is 0.787. The molecule has 2 aliphatic heterocycles. The van der Waals surface area contributed by atoms with Crippen molar-refractivity contribution in [3.63, 3.8) is 0 Å². The highest BCUT2D eigenvalue weighted by Crippen LogP contribution is 2.45. The van der Waals surface area contributed by atoms with Crippen LogP contribution in [0.15, 0.2) is 0 Å². The van der Waals surface area contributed by atoms with E-state index in [2.05, 4.69) is 30.6 Å². The average molecular weight is 335 g/mol. The Morgan fingerprint density at radius 2 is 1.58 bits per heavy atom. The third kappa shape index (κ3) is 4.75. The van der Waals surface area contributed by atoms with Crippen LogP contribution in [0.2, 0.25) is 0 Å². The SMILES string of the molecule is CC(C)CN1C[C@H]2CCC[C@H]2C1.CCCN1CCC2(CCCC2)C1. The standard InChI is InChI=1S/2C11H21N/c1-9(2)6-12-7-10-4-3-5-11(10)8-12;1-2-8-12-9-7-11(10-12)5-3-4-6-11/h9-11H,3-8H2,1-2H3;2-10H2,1H3/t10-,11+;. The van der Waals surface area contributed by atoms with Crippen molar-refractivity contribution in [2.45, 2.75) is 78.6 Å². The molecule has 2 nitrogen and oxygen atoms in total. The highest BCUT2D eigenvalue weighted by molar-refractivity contribution is 4.93. The van der Waals surface area contributed by atoms with Crippen molar-refractivity contribution in [3.8, 4) is 0 Å². The molecule has 0 aromatic carbocycles. The van der Waals surface area contributed by atoms with Crippen LogP contribution < -0.4 is 0 Å². The number of hydrogen-bond acceptors (Lipinski definition) is 2. The van der Waals surface area contributed by atoms with Crippen LogP contribution in [0, 0.1) is 23.2 Å². The third-order valence-corrected chi connectivity index (χ3v) is 7.15. The summed E-state index contributed by atoms with van der Waals surface area (Å²) in [5.41, 5.74) is 0.787. The topological polar surface area (TPSA) is 6.48 Å². The van der Waals surface area contributed by atoms with Gasteiger partial charge in [-0.1, -0.05) is 40.0 Å². The lowest BCUT2D eigenvalue weighted by atomic mass is 9.86. The van der Waals surface area contributed by atoms with E-state index in [1.54, 1.807) is 0 Å². The number of likely N-dealkylation sites (tertiary alicyclic amines) is 2. The van der Waals surface area contributed by atoms with Crippen LogP contribution in [0.25, 0.3) is 0 Å². The van der Waals surface area contributed by atoms with Crippen molar-refractivity contribution in [1.29, 1.82) is 0 Å². The summed E-state index contributed by atoms with van der Waals surface area (Å²) in [7, 11) is 0. The first-order chi connectivity index (χ1) is 11.6. The van der Waals surface area contributed by atoms with E-state index in [0.717, 1.165) is 23.2 Å². The van der Waals surface area contributed by atoms with Crippen LogP contribution in [0.4, 0.5) is 0 Å². The summed E-state index contributed by atoms with van der Waals surface area (Å²) in [5, 5.41) is 0. The van der Waals surface area contributed by atoms with Gasteiger partial charge in [0.05, 0.1) is 0 Å². The van der Waals surface area contributed by atoms with E-state index in [0.29, 0.717) is 0 Å². The van der Waals surface area contributed by atoms with E-state index in [9.17, 15) is 0 Å². The van der Waals surface area contributed by atoms with E-state index in [1.807, 2.05) is 0 Å². The molecule has 4 rings (SSSR count). The molecule has 2 heterocycles. The lowest BCUT2D eigenvalue weighted by molar-refractivity contribution is 0.261. The molecule has 2 heteroatoms. The first kappa shape index (κ1) is 18.7. The molecule has 0 aromatic rings. The lowest BCUT2D eigenvalue weighted by Gasteiger charge is -2.23. The molecule has 4 aliphatic rings. The molecule has 4 fully saturated rings. The first-order valence-corrected chi connectivity index (χ1v) is 11.0. The van der Waals surface area contributed by atoms with Crippen LogP contribution in [0.1, 0.15) is 78.6 Å². The number of nitrogens with zero attached hydrogens (tertiary/aromatic N) is 2. The molecule has 2 saturated carbocycles. The fourth-order valence-corrected chi connectivity index (χ4v) is 6.07. The van der Waals surface area contributed by atoms with Gasteiger partial charge in [-0.3, -0.25) is 0 Å². The summed E-state index contributed by atoms with van der Waals surface area (Å²) in [6, 6.07) is 0. The summed E-state index contributed by atoms with van der Waals surface area (Å²) < 4.78 is 0. The van der Waals surface area contributed by atoms with Gasteiger partial charge >= 0.3 is 0 Å². The normalized spacial score (nSPS) is 32.5. The van der Waals surface area contributed by atoms with Gasteiger partial charge in [-0.2, -0.15) is 0 Å².